The molecule has 5 fully saturated rings. The smallest absolute Gasteiger partial charge is 0.187 e. The maximum atomic E-state index is 10.4. The largest absolute Gasteiger partial charge is 0.393 e. The Morgan fingerprint density at radius 1 is 0.722 bits per heavy atom. The van der Waals surface area contributed by atoms with Crippen LogP contribution in [0.15, 0.2) is 0 Å². The predicted octanol–water partition coefficient (Wildman–Crippen LogP) is -6.77. The summed E-state index contributed by atoms with van der Waals surface area (Å²) in [5.41, 5.74) is -3.51. The number of rotatable bonds is 8. The van der Waals surface area contributed by atoms with E-state index in [9.17, 15) is 51.1 Å². The summed E-state index contributed by atoms with van der Waals surface area (Å²) in [5.74, 6) is 0. The van der Waals surface area contributed by atoms with Gasteiger partial charge in [-0.25, -0.2) is 0 Å². The van der Waals surface area contributed by atoms with Crippen molar-refractivity contribution in [1.82, 2.24) is 0 Å². The minimum atomic E-state index is -1.97. The number of ether oxygens (including phenoxy) is 6. The molecule has 0 amide bonds. The average molecular weight is 530 g/mol. The van der Waals surface area contributed by atoms with Crippen molar-refractivity contribution in [2.75, 3.05) is 26.9 Å². The monoisotopic (exact) mass is 530 g/mol. The van der Waals surface area contributed by atoms with Crippen LogP contribution in [-0.2, 0) is 28.4 Å². The van der Waals surface area contributed by atoms with Crippen LogP contribution in [0.5, 0.6) is 0 Å². The molecule has 2 unspecified atom stereocenters. The summed E-state index contributed by atoms with van der Waals surface area (Å²) in [6, 6.07) is 0. The minimum absolute atomic E-state index is 0.229. The van der Waals surface area contributed by atoms with Gasteiger partial charge in [0.25, 0.3) is 0 Å². The Morgan fingerprint density at radius 2 is 1.22 bits per heavy atom. The van der Waals surface area contributed by atoms with Crippen molar-refractivity contribution in [3.05, 3.63) is 0 Å². The van der Waals surface area contributed by atoms with Crippen molar-refractivity contribution in [2.45, 2.75) is 97.5 Å². The van der Waals surface area contributed by atoms with Gasteiger partial charge in [0.05, 0.1) is 19.8 Å². The average Bonchev–Trinajstić information content (AvgIpc) is 2.87. The van der Waals surface area contributed by atoms with Crippen LogP contribution in [0.2, 0.25) is 0 Å². The van der Waals surface area contributed by atoms with Gasteiger partial charge in [-0.2, -0.15) is 0 Å². The van der Waals surface area contributed by atoms with Gasteiger partial charge in [0.1, 0.15) is 72.2 Å². The van der Waals surface area contributed by atoms with Crippen LogP contribution in [0.3, 0.4) is 0 Å². The van der Waals surface area contributed by atoms with E-state index >= 15 is 0 Å². The molecule has 5 rings (SSSR count). The van der Waals surface area contributed by atoms with Crippen LogP contribution in [0.25, 0.3) is 0 Å². The highest BCUT2D eigenvalue weighted by molar-refractivity contribution is 5.21. The highest BCUT2D eigenvalue weighted by Gasteiger charge is 2.73. The Morgan fingerprint density at radius 3 is 1.72 bits per heavy atom. The van der Waals surface area contributed by atoms with Crippen LogP contribution in [-0.4, -0.2) is 169 Å². The molecule has 2 bridgehead atoms. The Hall–Kier alpha value is -0.640. The second kappa shape index (κ2) is 10.5. The number of aliphatic hydroxyl groups is 10. The molecule has 4 heterocycles. The summed E-state index contributed by atoms with van der Waals surface area (Å²) in [5, 5.41) is 101. The first-order chi connectivity index (χ1) is 16.9. The number of methoxy groups -OCH3 is 1. The van der Waals surface area contributed by atoms with Crippen molar-refractivity contribution in [3.63, 3.8) is 0 Å². The fourth-order valence-corrected chi connectivity index (χ4v) is 5.03. The van der Waals surface area contributed by atoms with E-state index in [-0.39, 0.29) is 6.42 Å². The maximum absolute atomic E-state index is 10.4. The summed E-state index contributed by atoms with van der Waals surface area (Å²) < 4.78 is 32.0. The third kappa shape index (κ3) is 4.58. The molecular weight excluding hydrogens is 496 g/mol. The van der Waals surface area contributed by atoms with E-state index in [1.807, 2.05) is 0 Å². The molecule has 0 spiro atoms. The van der Waals surface area contributed by atoms with Crippen molar-refractivity contribution in [2.24, 2.45) is 0 Å². The quantitative estimate of drug-likeness (QED) is 0.140. The van der Waals surface area contributed by atoms with Crippen LogP contribution in [0.4, 0.5) is 0 Å². The molecule has 16 heteroatoms. The van der Waals surface area contributed by atoms with Gasteiger partial charge in [-0.3, -0.25) is 0 Å². The molecule has 5 aliphatic rings. The van der Waals surface area contributed by atoms with E-state index in [4.69, 9.17) is 28.4 Å². The van der Waals surface area contributed by atoms with Crippen molar-refractivity contribution >= 4 is 0 Å². The normalized spacial score (nSPS) is 55.2. The zero-order valence-corrected chi connectivity index (χ0v) is 19.3. The molecule has 10 N–H and O–H groups in total. The molecule has 0 aromatic heterocycles. The van der Waals surface area contributed by atoms with Gasteiger partial charge < -0.3 is 79.5 Å². The van der Waals surface area contributed by atoms with Crippen LogP contribution < -0.4 is 0 Å². The van der Waals surface area contributed by atoms with Crippen molar-refractivity contribution < 1.29 is 79.5 Å². The van der Waals surface area contributed by atoms with Crippen molar-refractivity contribution in [1.29, 1.82) is 0 Å². The van der Waals surface area contributed by atoms with E-state index in [1.54, 1.807) is 0 Å². The summed E-state index contributed by atoms with van der Waals surface area (Å²) in [7, 11) is 1.21. The Balaban J connectivity index is 1.35. The zero-order chi connectivity index (χ0) is 26.6. The summed E-state index contributed by atoms with van der Waals surface area (Å²) >= 11 is 0. The lowest BCUT2D eigenvalue weighted by Gasteiger charge is -2.63. The van der Waals surface area contributed by atoms with E-state index in [0.717, 1.165) is 0 Å². The van der Waals surface area contributed by atoms with Crippen LogP contribution in [0.1, 0.15) is 6.42 Å². The van der Waals surface area contributed by atoms with Crippen LogP contribution in [0, 0.1) is 0 Å². The topological polar surface area (TPSA) is 258 Å². The van der Waals surface area contributed by atoms with Gasteiger partial charge in [0.15, 0.2) is 18.9 Å². The summed E-state index contributed by atoms with van der Waals surface area (Å²) in [6.45, 7) is -1.69. The molecular formula is C20H34O16. The van der Waals surface area contributed by atoms with Gasteiger partial charge in [0, 0.05) is 13.5 Å². The van der Waals surface area contributed by atoms with Gasteiger partial charge >= 0.3 is 0 Å². The molecule has 1 aliphatic carbocycles. The molecule has 36 heavy (non-hydrogen) atoms. The lowest BCUT2D eigenvalue weighted by Crippen LogP contribution is -2.83. The van der Waals surface area contributed by atoms with E-state index in [2.05, 4.69) is 0 Å². The fourth-order valence-electron chi connectivity index (χ4n) is 5.03. The second-order valence-electron chi connectivity index (χ2n) is 9.66. The molecule has 4 aliphatic heterocycles. The van der Waals surface area contributed by atoms with Gasteiger partial charge in [-0.1, -0.05) is 0 Å². The third-order valence-corrected chi connectivity index (χ3v) is 7.36. The zero-order valence-electron chi connectivity index (χ0n) is 19.3. The first-order valence-corrected chi connectivity index (χ1v) is 11.4. The highest BCUT2D eigenvalue weighted by atomic mass is 16.7. The molecule has 4 saturated heterocycles. The second-order valence-corrected chi connectivity index (χ2v) is 9.66. The molecule has 15 atom stereocenters. The van der Waals surface area contributed by atoms with Gasteiger partial charge in [-0.15, -0.1) is 0 Å². The molecule has 0 aromatic rings. The summed E-state index contributed by atoms with van der Waals surface area (Å²) in [4.78, 5) is 0. The summed E-state index contributed by atoms with van der Waals surface area (Å²) in [6.07, 6.45) is -20.3. The van der Waals surface area contributed by atoms with Crippen molar-refractivity contribution in [3.8, 4) is 0 Å². The number of hydrogen-bond acceptors (Lipinski definition) is 16. The van der Waals surface area contributed by atoms with Gasteiger partial charge in [0.2, 0.25) is 0 Å². The fraction of sp³-hybridized carbons (Fsp3) is 1.00. The standard InChI is InChI=1S/C20H34O16/c1-31-15-12(26)10(24)8(22)6(34-15)2-32-16-13(27)11(25)9(23)7(35-16)3-33-17-14(28)20(30)4-19(5-21,36-17)18(20)29/h6-18,21-30H,2-5H2,1H3/t6-,7-,8-,9-,10+,11+,12-,13-,14+,15+,16+,17+,18-,19?,20?/m1/s1. The maximum Gasteiger partial charge on any atom is 0.187 e. The highest BCUT2D eigenvalue weighted by Crippen LogP contribution is 2.52. The van der Waals surface area contributed by atoms with E-state index < -0.39 is 111 Å². The van der Waals surface area contributed by atoms with Crippen LogP contribution >= 0.6 is 0 Å². The van der Waals surface area contributed by atoms with Gasteiger partial charge in [-0.05, 0) is 0 Å². The number of hydrogen-bond donors (Lipinski definition) is 10. The Bertz CT molecular complexity index is 753. The SMILES string of the molecule is CO[C@H]1O[C@H](CO[C@H]2O[C@H](CO[C@H]3OC4(CO)CC(O)([C@@H]4O)[C@H]3O)[C@@H](O)[C@H](O)[C@H]2O)[C@@H](O)[C@H](O)[C@H]1O. The minimum Gasteiger partial charge on any atom is -0.393 e. The Labute approximate surface area is 204 Å². The van der Waals surface area contributed by atoms with E-state index in [0.29, 0.717) is 0 Å². The molecule has 0 radical (unpaired) electrons. The molecule has 210 valence electrons. The molecule has 0 aromatic carbocycles. The molecule has 16 nitrogen and oxygen atoms in total. The first kappa shape index (κ1) is 28.4. The third-order valence-electron chi connectivity index (χ3n) is 7.36. The molecule has 1 saturated carbocycles. The predicted molar refractivity (Wildman–Crippen MR) is 109 cm³/mol. The number of fused-ring (bicyclic) bond motifs is 2. The lowest BCUT2D eigenvalue weighted by molar-refractivity contribution is -0.432. The lowest BCUT2D eigenvalue weighted by atomic mass is 9.59. The number of aliphatic hydroxyl groups excluding tert-OH is 9. The Kier molecular flexibility index (Phi) is 8.27. The first-order valence-electron chi connectivity index (χ1n) is 11.4. The van der Waals surface area contributed by atoms with E-state index in [1.165, 1.54) is 7.11 Å².